The second-order valence-electron chi connectivity index (χ2n) is 15.4. The Labute approximate surface area is 436 Å². The molecule has 0 radical (unpaired) electrons. The number of rotatable bonds is 16. The zero-order chi connectivity index (χ0) is 51.3. The van der Waals surface area contributed by atoms with Crippen LogP contribution in [-0.4, -0.2) is 58.5 Å². The molecule has 0 bridgehead atoms. The van der Waals surface area contributed by atoms with Crippen molar-refractivity contribution in [3.63, 3.8) is 0 Å². The average molecular weight is 1070 g/mol. The van der Waals surface area contributed by atoms with E-state index in [1.54, 1.807) is 72.8 Å². The van der Waals surface area contributed by atoms with Crippen LogP contribution >= 0.6 is 0 Å². The van der Waals surface area contributed by atoms with Crippen molar-refractivity contribution in [3.05, 3.63) is 263 Å². The Kier molecular flexibility index (Phi) is 17.7. The van der Waals surface area contributed by atoms with E-state index in [4.69, 9.17) is 0 Å². The van der Waals surface area contributed by atoms with Gasteiger partial charge in [0.1, 0.15) is 12.2 Å². The fourth-order valence-electron chi connectivity index (χ4n) is 7.47. The van der Waals surface area contributed by atoms with E-state index in [-0.39, 0.29) is 94.6 Å². The molecule has 0 aliphatic heterocycles. The number of carbonyl (C=O) groups is 10. The van der Waals surface area contributed by atoms with E-state index in [2.05, 4.69) is 0 Å². The van der Waals surface area contributed by atoms with Gasteiger partial charge in [-0.05, 0) is 48.5 Å². The molecular weight excluding hydrogens is 1030 g/mol. The first-order valence-electron chi connectivity index (χ1n) is 21.7. The normalized spacial score (nSPS) is 10.2. The van der Waals surface area contributed by atoms with Gasteiger partial charge in [0.05, 0.1) is 45.0 Å². The summed E-state index contributed by atoms with van der Waals surface area (Å²) in [5.41, 5.74) is -0.971. The Hall–Kier alpha value is -9.42. The molecule has 0 aliphatic rings. The maximum Gasteiger partial charge on any atom is 2.00 e. The summed E-state index contributed by atoms with van der Waals surface area (Å²) in [5.74, 6) is -7.07. The van der Waals surface area contributed by atoms with Crippen LogP contribution in [0.15, 0.2) is 218 Å². The molecule has 0 unspecified atom stereocenters. The van der Waals surface area contributed by atoms with Crippen molar-refractivity contribution >= 4 is 81.2 Å². The van der Waals surface area contributed by atoms with Gasteiger partial charge in [0.2, 0.25) is 46.3 Å². The van der Waals surface area contributed by atoms with Crippen LogP contribution in [0.2, 0.25) is 0 Å². The summed E-state index contributed by atoms with van der Waals surface area (Å²) in [5, 5.41) is 24.7. The molecule has 0 aromatic heterocycles. The van der Waals surface area contributed by atoms with Crippen molar-refractivity contribution in [3.8, 4) is 0 Å². The van der Waals surface area contributed by atoms with E-state index in [0.717, 1.165) is 0 Å². The summed E-state index contributed by atoms with van der Waals surface area (Å²) < 4.78 is 0. The van der Waals surface area contributed by atoms with E-state index in [1.165, 1.54) is 146 Å². The van der Waals surface area contributed by atoms with Crippen LogP contribution in [0.3, 0.4) is 0 Å². The van der Waals surface area contributed by atoms with Crippen LogP contribution in [0.4, 0.5) is 32.3 Å². The number of Topliss-reactive ketones (excluding diaryl/α,β-unsaturated/α-hetero) is 8. The summed E-state index contributed by atoms with van der Waals surface area (Å²) in [7, 11) is 0. The molecule has 73 heavy (non-hydrogen) atoms. The van der Waals surface area contributed by atoms with Gasteiger partial charge in [0.25, 0.3) is 0 Å². The summed E-state index contributed by atoms with van der Waals surface area (Å²) in [6.07, 6.45) is -3.51. The van der Waals surface area contributed by atoms with Crippen molar-refractivity contribution in [1.29, 1.82) is 0 Å². The van der Waals surface area contributed by atoms with E-state index >= 15 is 0 Å². The standard InChI is InChI=1S/2C29H19NO6.Cd/c2*31-25(19-11-3-1-4-12-19)27(33)21-15-7-9-17-23(21)30(29(35)36)24-18-10-8-16-22(24)28(34)26(32)20-13-5-2-6-14-20;/h2*1-18H,(H,35,36);/q;;+2/p-2. The Morgan fingerprint density at radius 2 is 0.397 bits per heavy atom. The third kappa shape index (κ3) is 12.0. The number of benzene rings is 8. The number of para-hydroxylation sites is 4. The van der Waals surface area contributed by atoms with E-state index in [9.17, 15) is 58.2 Å². The van der Waals surface area contributed by atoms with Gasteiger partial charge in [0.15, 0.2) is 0 Å². The van der Waals surface area contributed by atoms with Gasteiger partial charge in [-0.15, -0.1) is 0 Å². The van der Waals surface area contributed by atoms with E-state index in [0.29, 0.717) is 9.80 Å². The van der Waals surface area contributed by atoms with Crippen LogP contribution < -0.4 is 20.0 Å². The molecule has 8 aromatic carbocycles. The summed E-state index contributed by atoms with van der Waals surface area (Å²) >= 11 is 0. The minimum Gasteiger partial charge on any atom is -0.529 e. The van der Waals surface area contributed by atoms with Gasteiger partial charge in [-0.3, -0.25) is 48.2 Å². The molecule has 0 atom stereocenters. The fraction of sp³-hybridized carbons (Fsp3) is 0. The first-order valence-corrected chi connectivity index (χ1v) is 21.7. The maximum atomic E-state index is 13.1. The largest absolute Gasteiger partial charge is 2.00 e. The quantitative estimate of drug-likeness (QED) is 0.0504. The molecule has 0 spiro atoms. The third-order valence-corrected chi connectivity index (χ3v) is 10.9. The molecule has 0 N–H and O–H groups in total. The van der Waals surface area contributed by atoms with Crippen molar-refractivity contribution in [2.24, 2.45) is 0 Å². The van der Waals surface area contributed by atoms with Crippen molar-refractivity contribution in [2.45, 2.75) is 0 Å². The molecule has 8 aromatic rings. The molecule has 0 fully saturated rings. The van der Waals surface area contributed by atoms with Gasteiger partial charge in [-0.2, -0.15) is 0 Å². The molecule has 352 valence electrons. The molecule has 2 amide bonds. The van der Waals surface area contributed by atoms with Gasteiger partial charge >= 0.3 is 27.3 Å². The number of nitrogens with zero attached hydrogens (tertiary/aromatic N) is 2. The van der Waals surface area contributed by atoms with Gasteiger partial charge < -0.3 is 19.8 Å². The van der Waals surface area contributed by atoms with E-state index in [1.807, 2.05) is 0 Å². The minimum atomic E-state index is -1.75. The molecule has 0 saturated carbocycles. The van der Waals surface area contributed by atoms with E-state index < -0.39 is 58.5 Å². The molecular formula is C58H36CdN2O12. The topological polar surface area (TPSA) is 223 Å². The van der Waals surface area contributed by atoms with Crippen LogP contribution in [-0.2, 0) is 27.3 Å². The SMILES string of the molecule is O=C(C(=O)c1ccccc1N(C(=O)[O-])c1ccccc1C(=O)C(=O)c1ccccc1)c1ccccc1.O=C(C(=O)c1ccccc1N(C(=O)[O-])c1ccccc1C(=O)C(=O)c1ccccc1)c1ccccc1.[Cd+2]. The Morgan fingerprint density at radius 1 is 0.233 bits per heavy atom. The van der Waals surface area contributed by atoms with Crippen LogP contribution in [0, 0.1) is 0 Å². The van der Waals surface area contributed by atoms with Crippen LogP contribution in [0.5, 0.6) is 0 Å². The molecule has 0 heterocycles. The predicted molar refractivity (Wildman–Crippen MR) is 261 cm³/mol. The summed E-state index contributed by atoms with van der Waals surface area (Å²) in [6, 6.07) is 53.8. The smallest absolute Gasteiger partial charge is 0.529 e. The number of ketones is 8. The predicted octanol–water partition coefficient (Wildman–Crippen LogP) is 8.60. The van der Waals surface area contributed by atoms with Gasteiger partial charge in [-0.1, -0.05) is 170 Å². The minimum absolute atomic E-state index is 0. The summed E-state index contributed by atoms with van der Waals surface area (Å²) in [6.45, 7) is 0. The number of carboxylic acid groups (broad SMARTS) is 2. The summed E-state index contributed by atoms with van der Waals surface area (Å²) in [4.78, 5) is 130. The average Bonchev–Trinajstić information content (AvgIpc) is 3.43. The van der Waals surface area contributed by atoms with Crippen molar-refractivity contribution in [2.75, 3.05) is 9.80 Å². The van der Waals surface area contributed by atoms with Gasteiger partial charge in [0, 0.05) is 22.3 Å². The Bertz CT molecular complexity index is 2980. The molecule has 0 saturated heterocycles. The molecule has 15 heteroatoms. The number of anilines is 4. The van der Waals surface area contributed by atoms with Crippen molar-refractivity contribution < 1.29 is 85.5 Å². The first kappa shape index (κ1) is 52.9. The zero-order valence-corrected chi connectivity index (χ0v) is 42.3. The van der Waals surface area contributed by atoms with Crippen LogP contribution in [0.25, 0.3) is 0 Å². The Morgan fingerprint density at radius 3 is 0.575 bits per heavy atom. The fourth-order valence-corrected chi connectivity index (χ4v) is 7.47. The second-order valence-corrected chi connectivity index (χ2v) is 15.4. The number of hydrogen-bond acceptors (Lipinski definition) is 12. The third-order valence-electron chi connectivity index (χ3n) is 10.9. The van der Waals surface area contributed by atoms with Crippen molar-refractivity contribution in [1.82, 2.24) is 0 Å². The Balaban J connectivity index is 0.000000235. The van der Waals surface area contributed by atoms with Gasteiger partial charge in [-0.25, -0.2) is 0 Å². The maximum absolute atomic E-state index is 13.1. The second kappa shape index (κ2) is 24.4. The number of carbonyl (C=O) groups excluding carboxylic acids is 10. The van der Waals surface area contributed by atoms with Crippen LogP contribution in [0.1, 0.15) is 82.9 Å². The molecule has 0 aliphatic carbocycles. The monoisotopic (exact) mass is 1070 g/mol. The molecule has 8 rings (SSSR count). The number of amides is 2. The first-order chi connectivity index (χ1) is 34.8. The molecule has 14 nitrogen and oxygen atoms in total. The number of hydrogen-bond donors (Lipinski definition) is 0. The zero-order valence-electron chi connectivity index (χ0n) is 38.3.